The highest BCUT2D eigenvalue weighted by molar-refractivity contribution is 8.00. The van der Waals surface area contributed by atoms with Gasteiger partial charge in [0.25, 0.3) is 0 Å². The van der Waals surface area contributed by atoms with Crippen molar-refractivity contribution in [3.8, 4) is 0 Å². The van der Waals surface area contributed by atoms with Crippen molar-refractivity contribution in [1.29, 1.82) is 0 Å². The maximum atomic E-state index is 12.5. The van der Waals surface area contributed by atoms with Crippen LogP contribution in [-0.4, -0.2) is 27.1 Å². The van der Waals surface area contributed by atoms with Gasteiger partial charge in [-0.1, -0.05) is 30.3 Å². The van der Waals surface area contributed by atoms with Gasteiger partial charge in [-0.25, -0.2) is 4.98 Å². The van der Waals surface area contributed by atoms with Crippen molar-refractivity contribution in [3.05, 3.63) is 72.3 Å². The first-order chi connectivity index (χ1) is 13.5. The van der Waals surface area contributed by atoms with Gasteiger partial charge in [0.1, 0.15) is 5.82 Å². The molecule has 0 bridgehead atoms. The van der Waals surface area contributed by atoms with E-state index in [0.717, 1.165) is 22.0 Å². The molecule has 28 heavy (non-hydrogen) atoms. The molecule has 0 fully saturated rings. The number of rotatable bonds is 7. The molecule has 0 spiro atoms. The summed E-state index contributed by atoms with van der Waals surface area (Å²) < 4.78 is 2.03. The highest BCUT2D eigenvalue weighted by Gasteiger charge is 2.10. The Morgan fingerprint density at radius 1 is 1.04 bits per heavy atom. The molecule has 0 atom stereocenters. The number of imidazole rings is 1. The monoisotopic (exact) mass is 394 g/mol. The summed E-state index contributed by atoms with van der Waals surface area (Å²) in [5, 5.41) is 5.78. The van der Waals surface area contributed by atoms with Gasteiger partial charge >= 0.3 is 0 Å². The third kappa shape index (κ3) is 5.23. The molecule has 7 heteroatoms. The van der Waals surface area contributed by atoms with Crippen LogP contribution in [0.4, 0.5) is 11.4 Å². The molecule has 0 saturated heterocycles. The molecule has 0 aliphatic carbocycles. The zero-order valence-electron chi connectivity index (χ0n) is 15.8. The van der Waals surface area contributed by atoms with E-state index in [1.807, 2.05) is 66.2 Å². The van der Waals surface area contributed by atoms with E-state index in [2.05, 4.69) is 15.6 Å². The van der Waals surface area contributed by atoms with E-state index in [0.29, 0.717) is 12.2 Å². The fraction of sp³-hybridized carbons (Fsp3) is 0.190. The Kier molecular flexibility index (Phi) is 6.49. The first kappa shape index (κ1) is 19.7. The number of aryl methyl sites for hydroxylation is 1. The molecule has 6 nitrogen and oxygen atoms in total. The van der Waals surface area contributed by atoms with Gasteiger partial charge in [0, 0.05) is 29.9 Å². The smallest absolute Gasteiger partial charge is 0.234 e. The molecule has 3 rings (SSSR count). The number of nitrogens with zero attached hydrogens (tertiary/aromatic N) is 2. The minimum atomic E-state index is -0.138. The summed E-state index contributed by atoms with van der Waals surface area (Å²) in [6.45, 7) is 4.05. The van der Waals surface area contributed by atoms with Crippen molar-refractivity contribution in [2.75, 3.05) is 16.4 Å². The second-order valence-corrected chi connectivity index (χ2v) is 7.29. The van der Waals surface area contributed by atoms with E-state index < -0.39 is 0 Å². The molecule has 0 aliphatic rings. The number of aromatic nitrogens is 2. The van der Waals surface area contributed by atoms with Gasteiger partial charge < -0.3 is 15.2 Å². The van der Waals surface area contributed by atoms with Crippen LogP contribution >= 0.6 is 11.8 Å². The van der Waals surface area contributed by atoms with Crippen molar-refractivity contribution >= 4 is 35.0 Å². The summed E-state index contributed by atoms with van der Waals surface area (Å²) >= 11 is 1.39. The van der Waals surface area contributed by atoms with E-state index in [1.165, 1.54) is 18.7 Å². The van der Waals surface area contributed by atoms with Gasteiger partial charge in [0.2, 0.25) is 11.8 Å². The van der Waals surface area contributed by atoms with Crippen LogP contribution in [0.15, 0.2) is 65.8 Å². The van der Waals surface area contributed by atoms with Crippen molar-refractivity contribution < 1.29 is 9.59 Å². The second kappa shape index (κ2) is 9.23. The largest absolute Gasteiger partial charge is 0.331 e. The highest BCUT2D eigenvalue weighted by Crippen LogP contribution is 2.27. The van der Waals surface area contributed by atoms with Crippen LogP contribution in [0.5, 0.6) is 0 Å². The molecule has 0 radical (unpaired) electrons. The molecule has 2 amide bonds. The summed E-state index contributed by atoms with van der Waals surface area (Å²) in [6, 6.07) is 15.2. The zero-order valence-corrected chi connectivity index (χ0v) is 16.6. The first-order valence-corrected chi connectivity index (χ1v) is 9.86. The highest BCUT2D eigenvalue weighted by atomic mass is 32.2. The lowest BCUT2D eigenvalue weighted by Gasteiger charge is -2.13. The molecular weight excluding hydrogens is 372 g/mol. The van der Waals surface area contributed by atoms with Crippen LogP contribution in [0.25, 0.3) is 0 Å². The molecule has 1 aromatic heterocycles. The number of benzene rings is 2. The van der Waals surface area contributed by atoms with Crippen molar-refractivity contribution in [3.63, 3.8) is 0 Å². The Morgan fingerprint density at radius 3 is 2.46 bits per heavy atom. The third-order valence-electron chi connectivity index (χ3n) is 4.11. The minimum Gasteiger partial charge on any atom is -0.331 e. The standard InChI is InChI=1S/C21H22N4O2S/c1-15-22-11-12-25(15)13-17-7-3-4-8-18(17)24-21(27)14-28-20-10-6-5-9-19(20)23-16(2)26/h3-12H,13-14H2,1-2H3,(H,23,26)(H,24,27). The number of carbonyl (C=O) groups is 2. The van der Waals surface area contributed by atoms with Crippen molar-refractivity contribution in [2.24, 2.45) is 0 Å². The van der Waals surface area contributed by atoms with E-state index in [1.54, 1.807) is 6.20 Å². The number of para-hydroxylation sites is 2. The van der Waals surface area contributed by atoms with Gasteiger partial charge in [-0.05, 0) is 30.7 Å². The number of thioether (sulfide) groups is 1. The number of anilines is 2. The predicted molar refractivity (Wildman–Crippen MR) is 113 cm³/mol. The zero-order chi connectivity index (χ0) is 19.9. The van der Waals surface area contributed by atoms with Gasteiger partial charge in [0.05, 0.1) is 18.0 Å². The number of hydrogen-bond donors (Lipinski definition) is 2. The number of hydrogen-bond acceptors (Lipinski definition) is 4. The molecular formula is C21H22N4O2S. The third-order valence-corrected chi connectivity index (χ3v) is 5.19. The Bertz CT molecular complexity index is 984. The van der Waals surface area contributed by atoms with Gasteiger partial charge in [-0.2, -0.15) is 0 Å². The predicted octanol–water partition coefficient (Wildman–Crippen LogP) is 3.93. The Hall–Kier alpha value is -3.06. The molecule has 144 valence electrons. The van der Waals surface area contributed by atoms with Crippen LogP contribution in [0, 0.1) is 6.92 Å². The maximum Gasteiger partial charge on any atom is 0.234 e. The van der Waals surface area contributed by atoms with Crippen molar-refractivity contribution in [1.82, 2.24) is 9.55 Å². The fourth-order valence-corrected chi connectivity index (χ4v) is 3.56. The Balaban J connectivity index is 1.65. The topological polar surface area (TPSA) is 76.0 Å². The number of amides is 2. The lowest BCUT2D eigenvalue weighted by atomic mass is 10.1. The molecule has 2 N–H and O–H groups in total. The quantitative estimate of drug-likeness (QED) is 0.596. The van der Waals surface area contributed by atoms with Gasteiger partial charge in [-0.3, -0.25) is 9.59 Å². The second-order valence-electron chi connectivity index (χ2n) is 6.27. The number of nitrogens with one attached hydrogen (secondary N) is 2. The van der Waals surface area contributed by atoms with Crippen LogP contribution in [0.2, 0.25) is 0 Å². The van der Waals surface area contributed by atoms with Crippen LogP contribution in [0.1, 0.15) is 18.3 Å². The molecule has 3 aromatic rings. The lowest BCUT2D eigenvalue weighted by molar-refractivity contribution is -0.114. The summed E-state index contributed by atoms with van der Waals surface area (Å²) in [5.74, 6) is 0.930. The van der Waals surface area contributed by atoms with Crippen LogP contribution in [-0.2, 0) is 16.1 Å². The minimum absolute atomic E-state index is 0.0996. The van der Waals surface area contributed by atoms with Gasteiger partial charge in [-0.15, -0.1) is 11.8 Å². The fourth-order valence-electron chi connectivity index (χ4n) is 2.75. The van der Waals surface area contributed by atoms with Crippen LogP contribution < -0.4 is 10.6 Å². The average Bonchev–Trinajstić information content (AvgIpc) is 3.07. The molecule has 2 aromatic carbocycles. The van der Waals surface area contributed by atoms with Crippen LogP contribution in [0.3, 0.4) is 0 Å². The molecule has 0 saturated carbocycles. The lowest BCUT2D eigenvalue weighted by Crippen LogP contribution is -2.16. The molecule has 0 unspecified atom stereocenters. The van der Waals surface area contributed by atoms with Gasteiger partial charge in [0.15, 0.2) is 0 Å². The SMILES string of the molecule is CC(=O)Nc1ccccc1SCC(=O)Nc1ccccc1Cn1ccnc1C. The van der Waals surface area contributed by atoms with Crippen molar-refractivity contribution in [2.45, 2.75) is 25.3 Å². The molecule has 1 heterocycles. The Labute approximate surface area is 168 Å². The van der Waals surface area contributed by atoms with E-state index >= 15 is 0 Å². The summed E-state index contributed by atoms with van der Waals surface area (Å²) in [5.41, 5.74) is 2.51. The maximum absolute atomic E-state index is 12.5. The molecule has 0 aliphatic heterocycles. The first-order valence-electron chi connectivity index (χ1n) is 8.88. The van der Waals surface area contributed by atoms with E-state index in [9.17, 15) is 9.59 Å². The Morgan fingerprint density at radius 2 is 1.75 bits per heavy atom. The summed E-state index contributed by atoms with van der Waals surface area (Å²) in [7, 11) is 0. The summed E-state index contributed by atoms with van der Waals surface area (Å²) in [6.07, 6.45) is 3.68. The average molecular weight is 395 g/mol. The normalized spacial score (nSPS) is 10.5. The van der Waals surface area contributed by atoms with E-state index in [4.69, 9.17) is 0 Å². The summed E-state index contributed by atoms with van der Waals surface area (Å²) in [4.78, 5) is 28.9. The number of carbonyl (C=O) groups excluding carboxylic acids is 2. The van der Waals surface area contributed by atoms with E-state index in [-0.39, 0.29) is 17.6 Å².